The van der Waals surface area contributed by atoms with E-state index >= 15 is 0 Å². The number of nitrogens with one attached hydrogen (secondary N) is 2. The molecule has 0 aromatic heterocycles. The van der Waals surface area contributed by atoms with Crippen molar-refractivity contribution in [3.63, 3.8) is 0 Å². The third-order valence-corrected chi connectivity index (χ3v) is 5.74. The van der Waals surface area contributed by atoms with Gasteiger partial charge in [0.05, 0.1) is 0 Å². The quantitative estimate of drug-likeness (QED) is 0.846. The van der Waals surface area contributed by atoms with Crippen LogP contribution in [0.5, 0.6) is 0 Å². The van der Waals surface area contributed by atoms with Gasteiger partial charge in [-0.2, -0.15) is 0 Å². The first-order chi connectivity index (χ1) is 10.5. The van der Waals surface area contributed by atoms with Gasteiger partial charge in [0.25, 0.3) is 0 Å². The summed E-state index contributed by atoms with van der Waals surface area (Å²) in [7, 11) is -0.915. The number of carbonyl (C=O) groups excluding carboxylic acids is 1. The minimum Gasteiger partial charge on any atom is -0.337 e. The van der Waals surface area contributed by atoms with E-state index in [1.165, 1.54) is 5.56 Å². The average Bonchev–Trinajstić information content (AvgIpc) is 2.93. The number of carbonyl (C=O) groups is 1. The topological polar surface area (TPSA) is 58.2 Å². The van der Waals surface area contributed by atoms with Gasteiger partial charge < -0.3 is 10.6 Å². The van der Waals surface area contributed by atoms with Crippen molar-refractivity contribution in [2.75, 3.05) is 12.8 Å². The molecule has 2 atom stereocenters. The number of urea groups is 1. The minimum atomic E-state index is -0.915. The fourth-order valence-corrected chi connectivity index (χ4v) is 3.34. The van der Waals surface area contributed by atoms with E-state index in [4.69, 9.17) is 0 Å². The molecular weight excluding hydrogens is 296 g/mol. The van der Waals surface area contributed by atoms with Crippen molar-refractivity contribution in [3.8, 4) is 0 Å². The van der Waals surface area contributed by atoms with Crippen LogP contribution in [0.15, 0.2) is 30.3 Å². The summed E-state index contributed by atoms with van der Waals surface area (Å²) in [4.78, 5) is 12.2. The Morgan fingerprint density at radius 3 is 2.50 bits per heavy atom. The third-order valence-electron chi connectivity index (χ3n) is 4.44. The Hall–Kier alpha value is -1.36. The van der Waals surface area contributed by atoms with Gasteiger partial charge in [0.15, 0.2) is 0 Å². The van der Waals surface area contributed by atoms with E-state index in [9.17, 15) is 9.00 Å². The zero-order chi connectivity index (χ0) is 16.0. The average molecular weight is 322 g/mol. The van der Waals surface area contributed by atoms with Crippen molar-refractivity contribution in [1.29, 1.82) is 0 Å². The molecule has 2 rings (SSSR count). The molecule has 1 saturated carbocycles. The maximum Gasteiger partial charge on any atom is 0.315 e. The Kier molecular flexibility index (Phi) is 6.00. The summed E-state index contributed by atoms with van der Waals surface area (Å²) in [6, 6.07) is 10.2. The van der Waals surface area contributed by atoms with Crippen LogP contribution < -0.4 is 10.6 Å². The number of benzene rings is 1. The van der Waals surface area contributed by atoms with Gasteiger partial charge in [0.2, 0.25) is 0 Å². The molecule has 1 aliphatic rings. The van der Waals surface area contributed by atoms with Crippen molar-refractivity contribution in [2.45, 2.75) is 49.8 Å². The van der Waals surface area contributed by atoms with Crippen LogP contribution in [0.2, 0.25) is 0 Å². The second kappa shape index (κ2) is 7.77. The zero-order valence-electron chi connectivity index (χ0n) is 13.4. The second-order valence-corrected chi connectivity index (χ2v) is 8.10. The van der Waals surface area contributed by atoms with Crippen molar-refractivity contribution in [1.82, 2.24) is 10.6 Å². The lowest BCUT2D eigenvalue weighted by Gasteiger charge is -2.31. The summed E-state index contributed by atoms with van der Waals surface area (Å²) in [5, 5.41) is 6.02. The third kappa shape index (κ3) is 4.83. The molecule has 4 nitrogen and oxygen atoms in total. The van der Waals surface area contributed by atoms with Crippen LogP contribution in [0, 0.1) is 0 Å². The normalized spacial score (nSPS) is 19.4. The fourth-order valence-electron chi connectivity index (χ4n) is 3.02. The van der Waals surface area contributed by atoms with Crippen LogP contribution in [-0.2, 0) is 17.2 Å². The Labute approximate surface area is 135 Å². The molecule has 0 radical (unpaired) electrons. The van der Waals surface area contributed by atoms with Crippen LogP contribution in [0.25, 0.3) is 0 Å². The first-order valence-electron chi connectivity index (χ1n) is 7.93. The monoisotopic (exact) mass is 322 g/mol. The van der Waals surface area contributed by atoms with Crippen LogP contribution >= 0.6 is 0 Å². The Bertz CT molecular complexity index is 513. The summed E-state index contributed by atoms with van der Waals surface area (Å²) < 4.78 is 11.3. The van der Waals surface area contributed by atoms with Crippen molar-refractivity contribution < 1.29 is 9.00 Å². The maximum atomic E-state index is 12.2. The van der Waals surface area contributed by atoms with E-state index in [1.54, 1.807) is 6.26 Å². The highest BCUT2D eigenvalue weighted by molar-refractivity contribution is 7.84. The number of hydrogen-bond donors (Lipinski definition) is 2. The molecule has 1 aromatic rings. The highest BCUT2D eigenvalue weighted by Gasteiger charge is 2.35. The molecule has 0 saturated heterocycles. The predicted molar refractivity (Wildman–Crippen MR) is 91.4 cm³/mol. The molecule has 22 heavy (non-hydrogen) atoms. The van der Waals surface area contributed by atoms with Gasteiger partial charge in [-0.25, -0.2) is 4.79 Å². The fraction of sp³-hybridized carbons (Fsp3) is 0.588. The molecule has 5 heteroatoms. The Morgan fingerprint density at radius 1 is 1.27 bits per heavy atom. The molecule has 122 valence electrons. The second-order valence-electron chi connectivity index (χ2n) is 6.29. The van der Waals surface area contributed by atoms with Gasteiger partial charge in [-0.15, -0.1) is 0 Å². The first kappa shape index (κ1) is 17.0. The smallest absolute Gasteiger partial charge is 0.315 e. The lowest BCUT2D eigenvalue weighted by atomic mass is 9.89. The Morgan fingerprint density at radius 2 is 1.91 bits per heavy atom. The van der Waals surface area contributed by atoms with Gasteiger partial charge in [0, 0.05) is 34.4 Å². The number of amides is 2. The molecule has 0 spiro atoms. The number of rotatable bonds is 6. The lowest BCUT2D eigenvalue weighted by molar-refractivity contribution is 0.224. The minimum absolute atomic E-state index is 0.0283. The molecule has 1 aliphatic carbocycles. The van der Waals surface area contributed by atoms with Gasteiger partial charge in [0.1, 0.15) is 0 Å². The predicted octanol–water partition coefficient (Wildman–Crippen LogP) is 2.61. The SMILES string of the molecule is C[C@H](CNC(=O)NC1(Cc2ccccc2)CCCC1)[S@@](C)=O. The van der Waals surface area contributed by atoms with Crippen molar-refractivity contribution in [2.24, 2.45) is 0 Å². The van der Waals surface area contributed by atoms with E-state index in [1.807, 2.05) is 25.1 Å². The molecule has 1 fully saturated rings. The van der Waals surface area contributed by atoms with Crippen LogP contribution in [0.4, 0.5) is 4.79 Å². The molecule has 2 N–H and O–H groups in total. The Balaban J connectivity index is 1.93. The molecule has 0 unspecified atom stereocenters. The zero-order valence-corrected chi connectivity index (χ0v) is 14.2. The van der Waals surface area contributed by atoms with Crippen molar-refractivity contribution in [3.05, 3.63) is 35.9 Å². The van der Waals surface area contributed by atoms with E-state index in [0.29, 0.717) is 6.54 Å². The standard InChI is InChI=1S/C17H26N2O2S/c1-14(22(2)21)13-18-16(20)19-17(10-6-7-11-17)12-15-8-4-3-5-9-15/h3-5,8-9,14H,6-7,10-13H2,1-2H3,(H2,18,19,20)/t14-,22-/m1/s1. The lowest BCUT2D eigenvalue weighted by Crippen LogP contribution is -2.52. The van der Waals surface area contributed by atoms with Gasteiger partial charge in [-0.1, -0.05) is 43.2 Å². The van der Waals surface area contributed by atoms with Gasteiger partial charge >= 0.3 is 6.03 Å². The summed E-state index contributed by atoms with van der Waals surface area (Å²) in [5.41, 5.74) is 1.12. The van der Waals surface area contributed by atoms with Crippen LogP contribution in [0.1, 0.15) is 38.2 Å². The summed E-state index contributed by atoms with van der Waals surface area (Å²) in [5.74, 6) is 0. The molecule has 0 aliphatic heterocycles. The maximum absolute atomic E-state index is 12.2. The summed E-state index contributed by atoms with van der Waals surface area (Å²) >= 11 is 0. The molecule has 0 heterocycles. The van der Waals surface area contributed by atoms with E-state index in [-0.39, 0.29) is 16.8 Å². The van der Waals surface area contributed by atoms with E-state index in [0.717, 1.165) is 32.1 Å². The molecule has 2 amide bonds. The molecular formula is C17H26N2O2S. The summed E-state index contributed by atoms with van der Waals surface area (Å²) in [6.45, 7) is 2.32. The summed E-state index contributed by atoms with van der Waals surface area (Å²) in [6.07, 6.45) is 6.88. The van der Waals surface area contributed by atoms with E-state index in [2.05, 4.69) is 22.8 Å². The molecule has 0 bridgehead atoms. The largest absolute Gasteiger partial charge is 0.337 e. The molecule has 1 aromatic carbocycles. The van der Waals surface area contributed by atoms with Gasteiger partial charge in [-0.05, 0) is 31.7 Å². The van der Waals surface area contributed by atoms with Crippen LogP contribution in [0.3, 0.4) is 0 Å². The van der Waals surface area contributed by atoms with Gasteiger partial charge in [-0.3, -0.25) is 4.21 Å². The highest BCUT2D eigenvalue weighted by Crippen LogP contribution is 2.32. The number of hydrogen-bond acceptors (Lipinski definition) is 2. The highest BCUT2D eigenvalue weighted by atomic mass is 32.2. The first-order valence-corrected chi connectivity index (χ1v) is 9.55. The van der Waals surface area contributed by atoms with E-state index < -0.39 is 10.8 Å². The van der Waals surface area contributed by atoms with Crippen molar-refractivity contribution >= 4 is 16.8 Å². The van der Waals surface area contributed by atoms with Crippen LogP contribution in [-0.4, -0.2) is 33.8 Å².